The van der Waals surface area contributed by atoms with Crippen LogP contribution in [-0.4, -0.2) is 50.2 Å². The number of nitrogens with one attached hydrogen (secondary N) is 1. The molecular weight excluding hydrogens is 296 g/mol. The first-order valence-corrected chi connectivity index (χ1v) is 8.78. The van der Waals surface area contributed by atoms with E-state index in [1.54, 1.807) is 18.4 Å². The fourth-order valence-corrected chi connectivity index (χ4v) is 3.56. The third-order valence-corrected chi connectivity index (χ3v) is 5.33. The number of aliphatic imine (C=N–C) groups is 1. The van der Waals surface area contributed by atoms with Gasteiger partial charge in [0.15, 0.2) is 5.96 Å². The van der Waals surface area contributed by atoms with Crippen molar-refractivity contribution in [3.8, 4) is 0 Å². The summed E-state index contributed by atoms with van der Waals surface area (Å²) in [5.41, 5.74) is 1.50. The van der Waals surface area contributed by atoms with Gasteiger partial charge in [-0.25, -0.2) is 4.98 Å². The van der Waals surface area contributed by atoms with Gasteiger partial charge >= 0.3 is 0 Å². The Morgan fingerprint density at radius 2 is 2.32 bits per heavy atom. The summed E-state index contributed by atoms with van der Waals surface area (Å²) < 4.78 is 5.26. The normalized spacial score (nSPS) is 17.2. The molecule has 0 unspecified atom stereocenters. The van der Waals surface area contributed by atoms with Crippen LogP contribution in [0.3, 0.4) is 0 Å². The van der Waals surface area contributed by atoms with E-state index in [1.165, 1.54) is 19.3 Å². The molecule has 0 aromatic carbocycles. The lowest BCUT2D eigenvalue weighted by atomic mass is 9.67. The molecule has 0 atom stereocenters. The Morgan fingerprint density at radius 1 is 1.55 bits per heavy atom. The molecule has 0 bridgehead atoms. The molecule has 6 heteroatoms. The molecule has 5 nitrogen and oxygen atoms in total. The molecule has 0 amide bonds. The van der Waals surface area contributed by atoms with Crippen molar-refractivity contribution >= 4 is 17.3 Å². The fourth-order valence-electron chi connectivity index (χ4n) is 2.96. The van der Waals surface area contributed by atoms with Crippen LogP contribution in [0.1, 0.15) is 36.4 Å². The topological polar surface area (TPSA) is 49.8 Å². The van der Waals surface area contributed by atoms with Crippen LogP contribution in [-0.2, 0) is 11.3 Å². The molecule has 1 fully saturated rings. The van der Waals surface area contributed by atoms with Gasteiger partial charge in [-0.05, 0) is 31.6 Å². The minimum Gasteiger partial charge on any atom is -0.385 e. The monoisotopic (exact) mass is 324 g/mol. The van der Waals surface area contributed by atoms with Gasteiger partial charge < -0.3 is 15.0 Å². The van der Waals surface area contributed by atoms with Crippen molar-refractivity contribution in [1.29, 1.82) is 0 Å². The van der Waals surface area contributed by atoms with E-state index in [0.717, 1.165) is 42.8 Å². The van der Waals surface area contributed by atoms with Crippen molar-refractivity contribution in [3.05, 3.63) is 16.1 Å². The fraction of sp³-hybridized carbons (Fsp3) is 0.750. The zero-order valence-electron chi connectivity index (χ0n) is 14.2. The van der Waals surface area contributed by atoms with Crippen LogP contribution >= 0.6 is 11.3 Å². The molecule has 1 aliphatic rings. The molecule has 22 heavy (non-hydrogen) atoms. The Labute approximate surface area is 137 Å². The Morgan fingerprint density at radius 3 is 2.82 bits per heavy atom. The summed E-state index contributed by atoms with van der Waals surface area (Å²) in [6.07, 6.45) is 5.03. The van der Waals surface area contributed by atoms with E-state index in [1.807, 2.05) is 14.0 Å². The molecule has 124 valence electrons. The van der Waals surface area contributed by atoms with Crippen LogP contribution < -0.4 is 5.32 Å². The first-order chi connectivity index (χ1) is 10.6. The van der Waals surface area contributed by atoms with Gasteiger partial charge in [0.2, 0.25) is 0 Å². The number of aromatic nitrogens is 1. The highest BCUT2D eigenvalue weighted by Crippen LogP contribution is 2.43. The SMILES string of the molecule is CN=C(NCC1(CCOC)CCC1)N(C)Cc1csc(C)n1. The van der Waals surface area contributed by atoms with Gasteiger partial charge in [-0.2, -0.15) is 0 Å². The van der Waals surface area contributed by atoms with Crippen LogP contribution in [0.15, 0.2) is 10.4 Å². The third-order valence-electron chi connectivity index (χ3n) is 4.51. The van der Waals surface area contributed by atoms with Gasteiger partial charge in [0.1, 0.15) is 0 Å². The largest absolute Gasteiger partial charge is 0.385 e. The highest BCUT2D eigenvalue weighted by Gasteiger charge is 2.36. The third kappa shape index (κ3) is 4.43. The van der Waals surface area contributed by atoms with E-state index in [9.17, 15) is 0 Å². The predicted octanol–water partition coefficient (Wildman–Crippen LogP) is 2.67. The number of hydrogen-bond donors (Lipinski definition) is 1. The van der Waals surface area contributed by atoms with Crippen molar-refractivity contribution in [1.82, 2.24) is 15.2 Å². The molecule has 0 aliphatic heterocycles. The predicted molar refractivity (Wildman–Crippen MR) is 92.5 cm³/mol. The second-order valence-corrected chi connectivity index (χ2v) is 7.27. The van der Waals surface area contributed by atoms with Crippen LogP contribution in [0.25, 0.3) is 0 Å². The lowest BCUT2D eigenvalue weighted by molar-refractivity contribution is 0.0727. The molecule has 1 N–H and O–H groups in total. The van der Waals surface area contributed by atoms with E-state index < -0.39 is 0 Å². The molecule has 0 radical (unpaired) electrons. The Bertz CT molecular complexity index is 496. The number of guanidine groups is 1. The number of aryl methyl sites for hydroxylation is 1. The number of methoxy groups -OCH3 is 1. The smallest absolute Gasteiger partial charge is 0.193 e. The van der Waals surface area contributed by atoms with Crippen molar-refractivity contribution in [2.75, 3.05) is 34.4 Å². The molecule has 2 rings (SSSR count). The van der Waals surface area contributed by atoms with Crippen LogP contribution in [0.4, 0.5) is 0 Å². The van der Waals surface area contributed by atoms with E-state index >= 15 is 0 Å². The molecule has 1 aliphatic carbocycles. The van der Waals surface area contributed by atoms with Crippen LogP contribution in [0.5, 0.6) is 0 Å². The zero-order chi connectivity index (χ0) is 16.0. The van der Waals surface area contributed by atoms with Crippen molar-refractivity contribution < 1.29 is 4.74 Å². The average molecular weight is 324 g/mol. The molecule has 0 saturated heterocycles. The van der Waals surface area contributed by atoms with Gasteiger partial charge in [-0.15, -0.1) is 11.3 Å². The second-order valence-electron chi connectivity index (χ2n) is 6.21. The van der Waals surface area contributed by atoms with E-state index in [2.05, 4.69) is 32.6 Å². The molecule has 1 aromatic rings. The van der Waals surface area contributed by atoms with E-state index in [0.29, 0.717) is 5.41 Å². The molecule has 0 spiro atoms. The van der Waals surface area contributed by atoms with Gasteiger partial charge in [0.05, 0.1) is 17.2 Å². The van der Waals surface area contributed by atoms with Gasteiger partial charge in [-0.3, -0.25) is 4.99 Å². The summed E-state index contributed by atoms with van der Waals surface area (Å²) in [6.45, 7) is 4.64. The molecule has 1 heterocycles. The van der Waals surface area contributed by atoms with Crippen molar-refractivity contribution in [3.63, 3.8) is 0 Å². The Kier molecular flexibility index (Phi) is 6.20. The van der Waals surface area contributed by atoms with E-state index in [-0.39, 0.29) is 0 Å². The van der Waals surface area contributed by atoms with Crippen LogP contribution in [0.2, 0.25) is 0 Å². The highest BCUT2D eigenvalue weighted by molar-refractivity contribution is 7.09. The summed E-state index contributed by atoms with van der Waals surface area (Å²) in [5, 5.41) is 6.77. The number of rotatable bonds is 7. The maximum atomic E-state index is 5.26. The lowest BCUT2D eigenvalue weighted by Gasteiger charge is -2.42. The minimum absolute atomic E-state index is 0.393. The van der Waals surface area contributed by atoms with Crippen LogP contribution in [0, 0.1) is 12.3 Å². The number of ether oxygens (including phenoxy) is 1. The number of thiazole rings is 1. The first kappa shape index (κ1) is 17.2. The minimum atomic E-state index is 0.393. The summed E-state index contributed by atoms with van der Waals surface area (Å²) in [4.78, 5) is 11.1. The lowest BCUT2D eigenvalue weighted by Crippen LogP contribution is -2.47. The first-order valence-electron chi connectivity index (χ1n) is 7.90. The van der Waals surface area contributed by atoms with Gasteiger partial charge in [-0.1, -0.05) is 6.42 Å². The molecular formula is C16H28N4OS. The maximum absolute atomic E-state index is 5.26. The number of hydrogen-bond acceptors (Lipinski definition) is 4. The van der Waals surface area contributed by atoms with E-state index in [4.69, 9.17) is 4.74 Å². The molecule has 1 saturated carbocycles. The summed E-state index contributed by atoms with van der Waals surface area (Å²) in [7, 11) is 5.68. The summed E-state index contributed by atoms with van der Waals surface area (Å²) in [5.74, 6) is 0.939. The van der Waals surface area contributed by atoms with Gasteiger partial charge in [0, 0.05) is 39.7 Å². The standard InChI is InChI=1S/C16H28N4OS/c1-13-19-14(11-22-13)10-20(3)15(17-2)18-12-16(6-5-7-16)8-9-21-4/h11H,5-10,12H2,1-4H3,(H,17,18). The summed E-state index contributed by atoms with van der Waals surface area (Å²) >= 11 is 1.69. The van der Waals surface area contributed by atoms with Crippen molar-refractivity contribution in [2.24, 2.45) is 10.4 Å². The highest BCUT2D eigenvalue weighted by atomic mass is 32.1. The molecule has 1 aromatic heterocycles. The maximum Gasteiger partial charge on any atom is 0.193 e. The average Bonchev–Trinajstić information content (AvgIpc) is 2.86. The van der Waals surface area contributed by atoms with Gasteiger partial charge in [0.25, 0.3) is 0 Å². The summed E-state index contributed by atoms with van der Waals surface area (Å²) in [6, 6.07) is 0. The second kappa shape index (κ2) is 7.92. The van der Waals surface area contributed by atoms with Crippen molar-refractivity contribution in [2.45, 2.75) is 39.2 Å². The quantitative estimate of drug-likeness (QED) is 0.619. The zero-order valence-corrected chi connectivity index (χ0v) is 15.0. The number of nitrogens with zero attached hydrogens (tertiary/aromatic N) is 3. The Hall–Kier alpha value is -1.14. The Balaban J connectivity index is 1.86.